The second kappa shape index (κ2) is 9.68. The molecule has 0 aromatic heterocycles. The van der Waals surface area contributed by atoms with Crippen LogP contribution in [0.2, 0.25) is 5.04 Å². The number of ether oxygens (including phenoxy) is 2. The van der Waals surface area contributed by atoms with Gasteiger partial charge in [0.05, 0.1) is 19.3 Å². The van der Waals surface area contributed by atoms with E-state index in [2.05, 4.69) is 90.1 Å². The molecule has 2 aliphatic rings. The first-order chi connectivity index (χ1) is 16.8. The van der Waals surface area contributed by atoms with Crippen LogP contribution in [-0.4, -0.2) is 39.7 Å². The van der Waals surface area contributed by atoms with Crippen LogP contribution in [0.15, 0.2) is 71.8 Å². The first-order valence-corrected chi connectivity index (χ1v) is 15.0. The lowest BCUT2D eigenvalue weighted by Crippen LogP contribution is -2.68. The molecule has 2 aromatic rings. The maximum Gasteiger partial charge on any atom is 0.261 e. The van der Waals surface area contributed by atoms with Crippen LogP contribution in [0.1, 0.15) is 61.8 Å². The summed E-state index contributed by atoms with van der Waals surface area (Å²) < 4.78 is 19.9. The fraction of sp³-hybridized carbons (Fsp3) is 0.516. The molecule has 4 nitrogen and oxygen atoms in total. The number of carbonyl (C=O) groups excluding carboxylic acids is 1. The topological polar surface area (TPSA) is 44.8 Å². The maximum atomic E-state index is 13.7. The Labute approximate surface area is 218 Å². The predicted octanol–water partition coefficient (Wildman–Crippen LogP) is 5.65. The van der Waals surface area contributed by atoms with Crippen LogP contribution < -0.4 is 10.4 Å². The monoisotopic (exact) mass is 506 g/mol. The quantitative estimate of drug-likeness (QED) is 0.389. The van der Waals surface area contributed by atoms with E-state index in [1.807, 2.05) is 26.0 Å². The molecule has 0 saturated carbocycles. The fourth-order valence-electron chi connectivity index (χ4n) is 5.77. The molecule has 0 radical (unpaired) electrons. The summed E-state index contributed by atoms with van der Waals surface area (Å²) in [5.74, 6) is 0.170. The molecular formula is C31H42O4Si. The van der Waals surface area contributed by atoms with E-state index in [1.54, 1.807) is 0 Å². The van der Waals surface area contributed by atoms with Crippen LogP contribution in [0, 0.1) is 10.8 Å². The minimum absolute atomic E-state index is 0.0430. The van der Waals surface area contributed by atoms with Gasteiger partial charge >= 0.3 is 0 Å². The lowest BCUT2D eigenvalue weighted by Gasteiger charge is -2.48. The van der Waals surface area contributed by atoms with E-state index in [9.17, 15) is 4.79 Å². The van der Waals surface area contributed by atoms with Gasteiger partial charge in [0.1, 0.15) is 5.78 Å². The Hall–Kier alpha value is -2.05. The Kier molecular flexibility index (Phi) is 7.26. The minimum Gasteiger partial charge on any atom is -0.400 e. The van der Waals surface area contributed by atoms with E-state index >= 15 is 0 Å². The summed E-state index contributed by atoms with van der Waals surface area (Å²) >= 11 is 0. The van der Waals surface area contributed by atoms with Gasteiger partial charge in [-0.05, 0) is 47.3 Å². The highest BCUT2D eigenvalue weighted by Gasteiger charge is 2.54. The van der Waals surface area contributed by atoms with Gasteiger partial charge in [0.2, 0.25) is 0 Å². The van der Waals surface area contributed by atoms with Crippen molar-refractivity contribution in [1.29, 1.82) is 0 Å². The molecule has 0 amide bonds. The summed E-state index contributed by atoms with van der Waals surface area (Å²) in [7, 11) is -2.82. The highest BCUT2D eigenvalue weighted by Crippen LogP contribution is 2.46. The third-order valence-electron chi connectivity index (χ3n) is 7.87. The van der Waals surface area contributed by atoms with Crippen molar-refractivity contribution in [2.75, 3.05) is 13.2 Å². The smallest absolute Gasteiger partial charge is 0.261 e. The number of rotatable bonds is 5. The molecule has 1 unspecified atom stereocenters. The van der Waals surface area contributed by atoms with Gasteiger partial charge in [-0.2, -0.15) is 0 Å². The van der Waals surface area contributed by atoms with E-state index in [1.165, 1.54) is 10.4 Å². The van der Waals surface area contributed by atoms with Crippen LogP contribution in [0.3, 0.4) is 0 Å². The second-order valence-electron chi connectivity index (χ2n) is 12.7. The lowest BCUT2D eigenvalue weighted by molar-refractivity contribution is -0.209. The molecule has 0 bridgehead atoms. The molecule has 4 rings (SSSR count). The number of hydrogen-bond donors (Lipinski definition) is 0. The number of Topliss-reactive ketones (excluding diaryl/α,β-unsaturated/α-hetero) is 1. The van der Waals surface area contributed by atoms with E-state index in [4.69, 9.17) is 13.9 Å². The zero-order valence-electron chi connectivity index (χ0n) is 23.2. The molecule has 0 spiro atoms. The molecule has 1 aliphatic carbocycles. The molecule has 2 aromatic carbocycles. The first kappa shape index (κ1) is 27.0. The van der Waals surface area contributed by atoms with Crippen molar-refractivity contribution < 1.29 is 18.7 Å². The van der Waals surface area contributed by atoms with Crippen molar-refractivity contribution >= 4 is 24.5 Å². The standard InChI is InChI=1S/C31H42O4Si/c1-22-25(19-26(32)31(7,8)27(22)28-33-20-30(5,6)21-34-28)35-36(29(2,3)4,23-15-11-9-12-16-23)24-17-13-10-14-18-24/h9-18,25,28H,19-21H2,1-8H3. The fourth-order valence-corrected chi connectivity index (χ4v) is 10.5. The number of hydrogen-bond acceptors (Lipinski definition) is 4. The Morgan fingerprint density at radius 3 is 1.78 bits per heavy atom. The Morgan fingerprint density at radius 1 is 0.861 bits per heavy atom. The minimum atomic E-state index is -2.82. The summed E-state index contributed by atoms with van der Waals surface area (Å²) in [5.41, 5.74) is 1.29. The van der Waals surface area contributed by atoms with Crippen molar-refractivity contribution in [1.82, 2.24) is 0 Å². The third-order valence-corrected chi connectivity index (χ3v) is 12.9. The zero-order valence-corrected chi connectivity index (χ0v) is 24.2. The Balaban J connectivity index is 1.85. The van der Waals surface area contributed by atoms with Gasteiger partial charge < -0.3 is 13.9 Å². The summed E-state index contributed by atoms with van der Waals surface area (Å²) in [4.78, 5) is 13.7. The van der Waals surface area contributed by atoms with Crippen LogP contribution in [0.5, 0.6) is 0 Å². The van der Waals surface area contributed by atoms with Crippen LogP contribution in [-0.2, 0) is 18.7 Å². The zero-order chi connectivity index (χ0) is 26.4. The number of ketones is 1. The van der Waals surface area contributed by atoms with Crippen molar-refractivity contribution in [3.63, 3.8) is 0 Å². The van der Waals surface area contributed by atoms with Crippen LogP contribution in [0.4, 0.5) is 0 Å². The Morgan fingerprint density at radius 2 is 1.33 bits per heavy atom. The van der Waals surface area contributed by atoms with E-state index < -0.39 is 20.0 Å². The summed E-state index contributed by atoms with van der Waals surface area (Å²) in [6.45, 7) is 18.4. The van der Waals surface area contributed by atoms with Crippen molar-refractivity contribution in [3.8, 4) is 0 Å². The third kappa shape index (κ3) is 4.79. The van der Waals surface area contributed by atoms with Gasteiger partial charge in [-0.3, -0.25) is 4.79 Å². The number of benzene rings is 2. The molecular weight excluding hydrogens is 464 g/mol. The van der Waals surface area contributed by atoms with Gasteiger partial charge in [0.15, 0.2) is 6.29 Å². The predicted molar refractivity (Wildman–Crippen MR) is 148 cm³/mol. The van der Waals surface area contributed by atoms with Crippen molar-refractivity contribution in [3.05, 3.63) is 71.8 Å². The first-order valence-electron chi connectivity index (χ1n) is 13.1. The summed E-state index contributed by atoms with van der Waals surface area (Å²) in [5, 5.41) is 2.25. The molecule has 1 fully saturated rings. The maximum absolute atomic E-state index is 13.7. The molecule has 1 heterocycles. The van der Waals surface area contributed by atoms with E-state index in [0.717, 1.165) is 11.1 Å². The largest absolute Gasteiger partial charge is 0.400 e. The van der Waals surface area contributed by atoms with Crippen molar-refractivity contribution in [2.24, 2.45) is 10.8 Å². The molecule has 1 atom stereocenters. The van der Waals surface area contributed by atoms with E-state index in [0.29, 0.717) is 19.6 Å². The van der Waals surface area contributed by atoms with Crippen LogP contribution >= 0.6 is 0 Å². The average molecular weight is 507 g/mol. The second-order valence-corrected chi connectivity index (χ2v) is 17.0. The normalized spacial score (nSPS) is 23.1. The molecule has 5 heteroatoms. The van der Waals surface area contributed by atoms with Crippen LogP contribution in [0.25, 0.3) is 0 Å². The van der Waals surface area contributed by atoms with Gasteiger partial charge in [0, 0.05) is 17.3 Å². The van der Waals surface area contributed by atoms with E-state index in [-0.39, 0.29) is 22.3 Å². The Bertz CT molecular complexity index is 1060. The average Bonchev–Trinajstić information content (AvgIpc) is 2.82. The highest BCUT2D eigenvalue weighted by atomic mass is 28.4. The molecule has 1 aliphatic heterocycles. The van der Waals surface area contributed by atoms with Gasteiger partial charge in [-0.25, -0.2) is 0 Å². The SMILES string of the molecule is CC1=C(C2OCC(C)(C)CO2)C(C)(C)C(=O)CC1O[Si](c1ccccc1)(c1ccccc1)C(C)(C)C. The van der Waals surface area contributed by atoms with Crippen molar-refractivity contribution in [2.45, 2.75) is 79.2 Å². The van der Waals surface area contributed by atoms with Gasteiger partial charge in [-0.1, -0.05) is 95.3 Å². The van der Waals surface area contributed by atoms with Gasteiger partial charge in [0.25, 0.3) is 8.32 Å². The number of carbonyl (C=O) groups is 1. The summed E-state index contributed by atoms with van der Waals surface area (Å²) in [6, 6.07) is 21.2. The highest BCUT2D eigenvalue weighted by molar-refractivity contribution is 6.99. The molecule has 194 valence electrons. The molecule has 0 N–H and O–H groups in total. The molecule has 36 heavy (non-hydrogen) atoms. The summed E-state index contributed by atoms with van der Waals surface area (Å²) in [6.07, 6.45) is -0.512. The lowest BCUT2D eigenvalue weighted by atomic mass is 9.70. The molecule has 1 saturated heterocycles. The van der Waals surface area contributed by atoms with Gasteiger partial charge in [-0.15, -0.1) is 0 Å².